The van der Waals surface area contributed by atoms with E-state index in [9.17, 15) is 4.79 Å². The lowest BCUT2D eigenvalue weighted by atomic mass is 9.94. The van der Waals surface area contributed by atoms with Gasteiger partial charge in [-0.2, -0.15) is 4.98 Å². The van der Waals surface area contributed by atoms with E-state index < -0.39 is 6.04 Å². The number of aryl methyl sites for hydroxylation is 1. The van der Waals surface area contributed by atoms with E-state index in [-0.39, 0.29) is 5.91 Å². The number of thioether (sulfide) groups is 1. The number of allylic oxidation sites excluding steroid dienone is 1. The Labute approximate surface area is 237 Å². The Balaban J connectivity index is 1.54. The van der Waals surface area contributed by atoms with E-state index in [0.717, 1.165) is 11.3 Å². The van der Waals surface area contributed by atoms with Gasteiger partial charge in [0, 0.05) is 22.7 Å². The molecule has 9 nitrogen and oxygen atoms in total. The van der Waals surface area contributed by atoms with Gasteiger partial charge in [0.1, 0.15) is 23.3 Å². The molecule has 5 rings (SSSR count). The second kappa shape index (κ2) is 11.7. The number of hydrogen-bond donors (Lipinski definition) is 2. The molecule has 2 N–H and O–H groups in total. The number of hydrogen-bond acceptors (Lipinski definition) is 8. The quantitative estimate of drug-likeness (QED) is 0.248. The van der Waals surface area contributed by atoms with Crippen LogP contribution in [0.2, 0.25) is 0 Å². The highest BCUT2D eigenvalue weighted by atomic mass is 32.2. The number of nitrogens with zero attached hydrogens (tertiary/aromatic N) is 3. The molecule has 0 unspecified atom stereocenters. The Morgan fingerprint density at radius 2 is 1.73 bits per heavy atom. The van der Waals surface area contributed by atoms with E-state index in [1.54, 1.807) is 50.3 Å². The number of methoxy groups -OCH3 is 3. The Bertz CT molecular complexity index is 1560. The molecule has 1 amide bonds. The summed E-state index contributed by atoms with van der Waals surface area (Å²) in [4.78, 5) is 18.6. The average molecular weight is 558 g/mol. The largest absolute Gasteiger partial charge is 0.497 e. The van der Waals surface area contributed by atoms with Gasteiger partial charge in [0.2, 0.25) is 11.1 Å². The minimum absolute atomic E-state index is 0.278. The highest BCUT2D eigenvalue weighted by molar-refractivity contribution is 7.98. The first-order chi connectivity index (χ1) is 19.4. The predicted molar refractivity (Wildman–Crippen MR) is 156 cm³/mol. The number of aromatic nitrogens is 3. The highest BCUT2D eigenvalue weighted by Gasteiger charge is 2.36. The first-order valence-corrected chi connectivity index (χ1v) is 13.7. The van der Waals surface area contributed by atoms with Crippen LogP contribution >= 0.6 is 11.8 Å². The van der Waals surface area contributed by atoms with Crippen LogP contribution in [0.15, 0.2) is 83.2 Å². The zero-order chi connectivity index (χ0) is 28.2. The molecule has 10 heteroatoms. The fraction of sp³-hybridized carbons (Fsp3) is 0.233. The summed E-state index contributed by atoms with van der Waals surface area (Å²) >= 11 is 1.54. The van der Waals surface area contributed by atoms with E-state index >= 15 is 0 Å². The highest BCUT2D eigenvalue weighted by Crippen LogP contribution is 2.41. The van der Waals surface area contributed by atoms with E-state index in [4.69, 9.17) is 24.3 Å². The van der Waals surface area contributed by atoms with E-state index in [1.807, 2.05) is 31.2 Å². The molecule has 1 atom stereocenters. The van der Waals surface area contributed by atoms with E-state index in [2.05, 4.69) is 35.8 Å². The van der Waals surface area contributed by atoms with Gasteiger partial charge in [0.15, 0.2) is 0 Å². The standard InChI is InChI=1S/C30H31N5O4S/c1-18-7-6-8-20(15-18)17-40-30-33-29-31-19(2)26(28(36)32-21-9-11-22(37-3)12-10-21)27(35(29)34-30)24-16-23(38-4)13-14-25(24)39-5/h6-16,27H,17H2,1-5H3,(H,32,36)(H,31,33,34)/t27-/m0/s1. The summed E-state index contributed by atoms with van der Waals surface area (Å²) in [5.41, 5.74) is 4.90. The van der Waals surface area contributed by atoms with Crippen LogP contribution in [0.1, 0.15) is 29.7 Å². The molecule has 0 spiro atoms. The molecule has 0 saturated carbocycles. The summed E-state index contributed by atoms with van der Waals surface area (Å²) in [7, 11) is 4.81. The summed E-state index contributed by atoms with van der Waals surface area (Å²) in [5, 5.41) is 11.8. The van der Waals surface area contributed by atoms with Crippen LogP contribution in [0.25, 0.3) is 0 Å². The number of ether oxygens (including phenoxy) is 3. The van der Waals surface area contributed by atoms with Crippen LogP contribution in [0, 0.1) is 6.92 Å². The maximum atomic E-state index is 13.9. The van der Waals surface area contributed by atoms with Crippen molar-refractivity contribution in [2.24, 2.45) is 0 Å². The zero-order valence-corrected chi connectivity index (χ0v) is 23.8. The monoisotopic (exact) mass is 557 g/mol. The number of benzene rings is 3. The predicted octanol–water partition coefficient (Wildman–Crippen LogP) is 5.83. The first kappa shape index (κ1) is 27.1. The van der Waals surface area contributed by atoms with Crippen molar-refractivity contribution in [1.29, 1.82) is 0 Å². The van der Waals surface area contributed by atoms with Gasteiger partial charge in [-0.15, -0.1) is 5.10 Å². The molecule has 0 aliphatic carbocycles. The number of carbonyl (C=O) groups excluding carboxylic acids is 1. The third-order valence-corrected chi connectivity index (χ3v) is 7.52. The summed E-state index contributed by atoms with van der Waals surface area (Å²) in [6, 6.07) is 20.4. The topological polar surface area (TPSA) is 99.5 Å². The second-order valence-corrected chi connectivity index (χ2v) is 10.2. The summed E-state index contributed by atoms with van der Waals surface area (Å²) in [6.45, 7) is 3.94. The molecule has 2 heterocycles. The Morgan fingerprint density at radius 3 is 2.42 bits per heavy atom. The van der Waals surface area contributed by atoms with Crippen LogP contribution in [-0.2, 0) is 10.5 Å². The van der Waals surface area contributed by atoms with Gasteiger partial charge < -0.3 is 24.8 Å². The number of anilines is 2. The van der Waals surface area contributed by atoms with Crippen molar-refractivity contribution in [2.45, 2.75) is 30.8 Å². The summed E-state index contributed by atoms with van der Waals surface area (Å²) in [5.74, 6) is 2.92. The fourth-order valence-corrected chi connectivity index (χ4v) is 5.42. The van der Waals surface area contributed by atoms with Crippen molar-refractivity contribution in [1.82, 2.24) is 14.8 Å². The van der Waals surface area contributed by atoms with E-state index in [1.165, 1.54) is 22.9 Å². The first-order valence-electron chi connectivity index (χ1n) is 12.7. The zero-order valence-electron chi connectivity index (χ0n) is 23.0. The molecule has 0 radical (unpaired) electrons. The molecule has 0 saturated heterocycles. The van der Waals surface area contributed by atoms with Crippen molar-refractivity contribution in [3.63, 3.8) is 0 Å². The SMILES string of the molecule is COc1ccc(NC(=O)C2=C(C)Nc3nc(SCc4cccc(C)c4)nn3[C@H]2c2cc(OC)ccc2OC)cc1. The van der Waals surface area contributed by atoms with Crippen molar-refractivity contribution < 1.29 is 19.0 Å². The number of carbonyl (C=O) groups is 1. The van der Waals surface area contributed by atoms with Gasteiger partial charge in [-0.25, -0.2) is 4.68 Å². The number of amides is 1. The normalized spacial score (nSPS) is 14.3. The van der Waals surface area contributed by atoms with Gasteiger partial charge in [-0.05, 0) is 61.9 Å². The number of nitrogens with one attached hydrogen (secondary N) is 2. The van der Waals surface area contributed by atoms with Gasteiger partial charge in [-0.1, -0.05) is 41.6 Å². The molecule has 0 fully saturated rings. The number of rotatable bonds is 9. The van der Waals surface area contributed by atoms with Gasteiger partial charge in [0.05, 0.1) is 26.9 Å². The minimum Gasteiger partial charge on any atom is -0.497 e. The maximum Gasteiger partial charge on any atom is 0.255 e. The third kappa shape index (κ3) is 5.62. The average Bonchev–Trinajstić information content (AvgIpc) is 3.37. The van der Waals surface area contributed by atoms with Gasteiger partial charge in [-0.3, -0.25) is 4.79 Å². The number of fused-ring (bicyclic) bond motifs is 1. The Hall–Kier alpha value is -4.44. The molecule has 1 aliphatic rings. The molecule has 206 valence electrons. The summed E-state index contributed by atoms with van der Waals surface area (Å²) in [6.07, 6.45) is 0. The third-order valence-electron chi connectivity index (χ3n) is 6.61. The molecule has 40 heavy (non-hydrogen) atoms. The molecular formula is C30H31N5O4S. The lowest BCUT2D eigenvalue weighted by Crippen LogP contribution is -2.31. The Morgan fingerprint density at radius 1 is 0.975 bits per heavy atom. The lowest BCUT2D eigenvalue weighted by Gasteiger charge is -2.29. The fourth-order valence-electron chi connectivity index (χ4n) is 4.65. The van der Waals surface area contributed by atoms with Crippen LogP contribution in [0.5, 0.6) is 17.2 Å². The maximum absolute atomic E-state index is 13.9. The molecule has 4 aromatic rings. The molecule has 3 aromatic carbocycles. The lowest BCUT2D eigenvalue weighted by molar-refractivity contribution is -0.113. The molecule has 1 aromatic heterocycles. The minimum atomic E-state index is -0.625. The second-order valence-electron chi connectivity index (χ2n) is 9.30. The van der Waals surface area contributed by atoms with Crippen LogP contribution < -0.4 is 24.8 Å². The Kier molecular flexibility index (Phi) is 7.97. The van der Waals surface area contributed by atoms with Crippen LogP contribution in [0.3, 0.4) is 0 Å². The van der Waals surface area contributed by atoms with Crippen molar-refractivity contribution >= 4 is 29.3 Å². The van der Waals surface area contributed by atoms with Crippen molar-refractivity contribution in [3.8, 4) is 17.2 Å². The van der Waals surface area contributed by atoms with Crippen molar-refractivity contribution in [3.05, 3.63) is 94.7 Å². The molecule has 0 bridgehead atoms. The van der Waals surface area contributed by atoms with Crippen LogP contribution in [0.4, 0.5) is 11.6 Å². The van der Waals surface area contributed by atoms with Crippen molar-refractivity contribution in [2.75, 3.05) is 32.0 Å². The van der Waals surface area contributed by atoms with Crippen LogP contribution in [-0.4, -0.2) is 42.0 Å². The van der Waals surface area contributed by atoms with Gasteiger partial charge in [0.25, 0.3) is 5.91 Å². The molecular weight excluding hydrogens is 526 g/mol. The van der Waals surface area contributed by atoms with Gasteiger partial charge >= 0.3 is 0 Å². The summed E-state index contributed by atoms with van der Waals surface area (Å²) < 4.78 is 18.2. The van der Waals surface area contributed by atoms with E-state index in [0.29, 0.717) is 45.3 Å². The smallest absolute Gasteiger partial charge is 0.255 e. The molecule has 1 aliphatic heterocycles.